The Morgan fingerprint density at radius 3 is 2.32 bits per heavy atom. The third-order valence-corrected chi connectivity index (χ3v) is 4.26. The lowest BCUT2D eigenvalue weighted by Crippen LogP contribution is -2.45. The average molecular weight is 353 g/mol. The third kappa shape index (κ3) is 4.17. The van der Waals surface area contributed by atoms with Crippen LogP contribution in [0.5, 0.6) is 0 Å². The Balaban J connectivity index is 1.77. The maximum absolute atomic E-state index is 12.3. The minimum atomic E-state index is -0.788. The van der Waals surface area contributed by atoms with E-state index in [2.05, 4.69) is 5.32 Å². The van der Waals surface area contributed by atoms with E-state index in [-0.39, 0.29) is 5.91 Å². The van der Waals surface area contributed by atoms with Crippen molar-refractivity contribution in [2.75, 3.05) is 0 Å². The molecular weight excluding hydrogens is 336 g/mol. The van der Waals surface area contributed by atoms with Gasteiger partial charge in [0.25, 0.3) is 5.91 Å². The lowest BCUT2D eigenvalue weighted by Gasteiger charge is -2.16. The standard InChI is InChI=1S/C20H17ClN2O2/c21-17-9-7-15(8-10-17)20(25)23-18(19(22)24)12-13-5-6-14-3-1-2-4-16(14)11-13/h1-11,18H,12H2,(H2,22,24)(H,23,25)/t18-/m0/s1. The largest absolute Gasteiger partial charge is 0.368 e. The first-order valence-corrected chi connectivity index (χ1v) is 8.24. The summed E-state index contributed by atoms with van der Waals surface area (Å²) in [7, 11) is 0. The molecule has 0 radical (unpaired) electrons. The molecule has 3 N–H and O–H groups in total. The van der Waals surface area contributed by atoms with Gasteiger partial charge in [0.2, 0.25) is 5.91 Å². The highest BCUT2D eigenvalue weighted by molar-refractivity contribution is 6.30. The summed E-state index contributed by atoms with van der Waals surface area (Å²) in [6, 6.07) is 19.5. The number of rotatable bonds is 5. The summed E-state index contributed by atoms with van der Waals surface area (Å²) in [5, 5.41) is 5.43. The highest BCUT2D eigenvalue weighted by atomic mass is 35.5. The molecular formula is C20H17ClN2O2. The highest BCUT2D eigenvalue weighted by Gasteiger charge is 2.19. The van der Waals surface area contributed by atoms with E-state index in [1.54, 1.807) is 24.3 Å². The smallest absolute Gasteiger partial charge is 0.251 e. The predicted octanol–water partition coefficient (Wildman–Crippen LogP) is 3.32. The molecule has 0 aliphatic heterocycles. The Morgan fingerprint density at radius 2 is 1.64 bits per heavy atom. The molecule has 0 aliphatic rings. The minimum Gasteiger partial charge on any atom is -0.368 e. The van der Waals surface area contributed by atoms with Gasteiger partial charge in [-0.2, -0.15) is 0 Å². The first kappa shape index (κ1) is 17.0. The summed E-state index contributed by atoms with van der Waals surface area (Å²) in [4.78, 5) is 24.1. The Kier molecular flexibility index (Phi) is 5.00. The van der Waals surface area contributed by atoms with Crippen molar-refractivity contribution in [3.63, 3.8) is 0 Å². The van der Waals surface area contributed by atoms with Crippen LogP contribution >= 0.6 is 11.6 Å². The predicted molar refractivity (Wildman–Crippen MR) is 99.6 cm³/mol. The highest BCUT2D eigenvalue weighted by Crippen LogP contribution is 2.17. The fourth-order valence-electron chi connectivity index (χ4n) is 2.67. The van der Waals surface area contributed by atoms with Crippen molar-refractivity contribution in [3.05, 3.63) is 82.9 Å². The van der Waals surface area contributed by atoms with Crippen LogP contribution in [0.15, 0.2) is 66.7 Å². The maximum atomic E-state index is 12.3. The Hall–Kier alpha value is -2.85. The molecule has 5 heteroatoms. The van der Waals surface area contributed by atoms with Crippen molar-refractivity contribution in [2.24, 2.45) is 5.73 Å². The van der Waals surface area contributed by atoms with Crippen LogP contribution in [-0.2, 0) is 11.2 Å². The number of hydrogen-bond acceptors (Lipinski definition) is 2. The van der Waals surface area contributed by atoms with E-state index in [4.69, 9.17) is 17.3 Å². The number of benzene rings is 3. The number of carbonyl (C=O) groups is 2. The quantitative estimate of drug-likeness (QED) is 0.739. The molecule has 0 unspecified atom stereocenters. The van der Waals surface area contributed by atoms with Crippen molar-refractivity contribution in [2.45, 2.75) is 12.5 Å². The van der Waals surface area contributed by atoms with Crippen LogP contribution in [0.4, 0.5) is 0 Å². The van der Waals surface area contributed by atoms with Gasteiger partial charge in [0.05, 0.1) is 0 Å². The molecule has 0 aromatic heterocycles. The molecule has 0 heterocycles. The number of nitrogens with one attached hydrogen (secondary N) is 1. The second kappa shape index (κ2) is 7.36. The molecule has 0 fully saturated rings. The van der Waals surface area contributed by atoms with Gasteiger partial charge in [-0.1, -0.05) is 54.1 Å². The monoisotopic (exact) mass is 352 g/mol. The SMILES string of the molecule is NC(=O)[C@H](Cc1ccc2ccccc2c1)NC(=O)c1ccc(Cl)cc1. The summed E-state index contributed by atoms with van der Waals surface area (Å²) in [6.07, 6.45) is 0.333. The third-order valence-electron chi connectivity index (χ3n) is 4.01. The average Bonchev–Trinajstić information content (AvgIpc) is 2.61. The second-order valence-electron chi connectivity index (χ2n) is 5.82. The molecule has 0 saturated carbocycles. The number of primary amides is 1. The zero-order valence-electron chi connectivity index (χ0n) is 13.4. The fourth-order valence-corrected chi connectivity index (χ4v) is 2.79. The van der Waals surface area contributed by atoms with Gasteiger partial charge in [-0.25, -0.2) is 0 Å². The molecule has 2 amide bonds. The van der Waals surface area contributed by atoms with Gasteiger partial charge < -0.3 is 11.1 Å². The van der Waals surface area contributed by atoms with E-state index in [9.17, 15) is 9.59 Å². The van der Waals surface area contributed by atoms with Gasteiger partial charge in [-0.15, -0.1) is 0 Å². The van der Waals surface area contributed by atoms with E-state index < -0.39 is 11.9 Å². The first-order valence-electron chi connectivity index (χ1n) is 7.86. The van der Waals surface area contributed by atoms with Gasteiger partial charge in [0.15, 0.2) is 0 Å². The zero-order valence-corrected chi connectivity index (χ0v) is 14.2. The Labute approximate surface area is 150 Å². The van der Waals surface area contributed by atoms with Gasteiger partial charge in [-0.05, 0) is 40.6 Å². The molecule has 0 bridgehead atoms. The van der Waals surface area contributed by atoms with Crippen molar-refractivity contribution in [1.29, 1.82) is 0 Å². The van der Waals surface area contributed by atoms with Crippen molar-refractivity contribution < 1.29 is 9.59 Å². The lowest BCUT2D eigenvalue weighted by atomic mass is 10.0. The van der Waals surface area contributed by atoms with E-state index in [1.807, 2.05) is 42.5 Å². The molecule has 1 atom stereocenters. The summed E-state index contributed by atoms with van der Waals surface area (Å²) in [5.41, 5.74) is 6.83. The molecule has 3 aromatic carbocycles. The minimum absolute atomic E-state index is 0.333. The Bertz CT molecular complexity index is 922. The van der Waals surface area contributed by atoms with E-state index in [0.29, 0.717) is 17.0 Å². The molecule has 0 spiro atoms. The zero-order chi connectivity index (χ0) is 17.8. The van der Waals surface area contributed by atoms with Gasteiger partial charge in [0.1, 0.15) is 6.04 Å². The van der Waals surface area contributed by atoms with Crippen molar-refractivity contribution in [1.82, 2.24) is 5.32 Å². The van der Waals surface area contributed by atoms with E-state index in [1.165, 1.54) is 0 Å². The summed E-state index contributed by atoms with van der Waals surface area (Å²) in [5.74, 6) is -0.934. The van der Waals surface area contributed by atoms with Crippen LogP contribution in [0, 0.1) is 0 Å². The van der Waals surface area contributed by atoms with Gasteiger partial charge in [0, 0.05) is 17.0 Å². The maximum Gasteiger partial charge on any atom is 0.251 e. The van der Waals surface area contributed by atoms with E-state index >= 15 is 0 Å². The number of amides is 2. The molecule has 126 valence electrons. The summed E-state index contributed by atoms with van der Waals surface area (Å²) < 4.78 is 0. The Morgan fingerprint density at radius 1 is 0.960 bits per heavy atom. The van der Waals surface area contributed by atoms with Gasteiger partial charge >= 0.3 is 0 Å². The van der Waals surface area contributed by atoms with Gasteiger partial charge in [-0.3, -0.25) is 9.59 Å². The van der Waals surface area contributed by atoms with Crippen LogP contribution in [0.1, 0.15) is 15.9 Å². The molecule has 4 nitrogen and oxygen atoms in total. The lowest BCUT2D eigenvalue weighted by molar-refractivity contribution is -0.119. The number of halogens is 1. The van der Waals surface area contributed by atoms with E-state index in [0.717, 1.165) is 16.3 Å². The van der Waals surface area contributed by atoms with Crippen LogP contribution in [0.25, 0.3) is 10.8 Å². The van der Waals surface area contributed by atoms with Crippen LogP contribution < -0.4 is 11.1 Å². The van der Waals surface area contributed by atoms with Crippen LogP contribution in [-0.4, -0.2) is 17.9 Å². The second-order valence-corrected chi connectivity index (χ2v) is 6.26. The fraction of sp³-hybridized carbons (Fsp3) is 0.100. The normalized spacial score (nSPS) is 11.9. The molecule has 0 aliphatic carbocycles. The molecule has 25 heavy (non-hydrogen) atoms. The van der Waals surface area contributed by atoms with Crippen LogP contribution in [0.3, 0.4) is 0 Å². The molecule has 0 saturated heterocycles. The topological polar surface area (TPSA) is 72.2 Å². The first-order chi connectivity index (χ1) is 12.0. The number of fused-ring (bicyclic) bond motifs is 1. The molecule has 3 aromatic rings. The van der Waals surface area contributed by atoms with Crippen molar-refractivity contribution >= 4 is 34.2 Å². The summed E-state index contributed by atoms with van der Waals surface area (Å²) in [6.45, 7) is 0. The van der Waals surface area contributed by atoms with Crippen LogP contribution in [0.2, 0.25) is 5.02 Å². The number of nitrogens with two attached hydrogens (primary N) is 1. The number of hydrogen-bond donors (Lipinski definition) is 2. The molecule has 3 rings (SSSR count). The summed E-state index contributed by atoms with van der Waals surface area (Å²) >= 11 is 5.82. The number of carbonyl (C=O) groups excluding carboxylic acids is 2. The van der Waals surface area contributed by atoms with Crippen molar-refractivity contribution in [3.8, 4) is 0 Å².